The summed E-state index contributed by atoms with van der Waals surface area (Å²) in [6.07, 6.45) is 3.63. The van der Waals surface area contributed by atoms with E-state index in [4.69, 9.17) is 4.42 Å². The third-order valence-electron chi connectivity index (χ3n) is 6.73. The number of fused-ring (bicyclic) bond motifs is 3. The molecule has 0 spiro atoms. The summed E-state index contributed by atoms with van der Waals surface area (Å²) in [6, 6.07) is 7.96. The summed E-state index contributed by atoms with van der Waals surface area (Å²) in [5.74, 6) is 1.17. The van der Waals surface area contributed by atoms with Gasteiger partial charge in [0, 0.05) is 6.04 Å². The molecule has 0 aliphatic heterocycles. The number of hydrogen-bond acceptors (Lipinski definition) is 4. The molecule has 0 saturated heterocycles. The lowest BCUT2D eigenvalue weighted by atomic mass is 9.69. The molecule has 4 nitrogen and oxygen atoms in total. The van der Waals surface area contributed by atoms with Gasteiger partial charge in [0.1, 0.15) is 5.52 Å². The minimum absolute atomic E-state index is 0.0804. The van der Waals surface area contributed by atoms with Crippen molar-refractivity contribution >= 4 is 28.8 Å². The monoisotopic (exact) mass is 344 g/mol. The van der Waals surface area contributed by atoms with Crippen molar-refractivity contribution in [1.82, 2.24) is 10.3 Å². The summed E-state index contributed by atoms with van der Waals surface area (Å²) in [5.41, 5.74) is 2.14. The molecule has 1 amide bonds. The van der Waals surface area contributed by atoms with Crippen molar-refractivity contribution in [3.05, 3.63) is 24.3 Å². The summed E-state index contributed by atoms with van der Waals surface area (Å²) in [7, 11) is 0. The van der Waals surface area contributed by atoms with Crippen molar-refractivity contribution in [2.24, 2.45) is 16.7 Å². The third-order valence-corrected chi connectivity index (χ3v) is 7.56. The summed E-state index contributed by atoms with van der Waals surface area (Å²) in [4.78, 5) is 16.8. The van der Waals surface area contributed by atoms with Crippen molar-refractivity contribution in [2.45, 2.75) is 51.3 Å². The summed E-state index contributed by atoms with van der Waals surface area (Å²) in [5, 5.41) is 3.84. The minimum Gasteiger partial charge on any atom is -0.431 e. The summed E-state index contributed by atoms with van der Waals surface area (Å²) >= 11 is 1.37. The fraction of sp³-hybridized carbons (Fsp3) is 0.579. The van der Waals surface area contributed by atoms with Gasteiger partial charge < -0.3 is 9.73 Å². The predicted molar refractivity (Wildman–Crippen MR) is 95.9 cm³/mol. The number of para-hydroxylation sites is 2. The van der Waals surface area contributed by atoms with Crippen molar-refractivity contribution < 1.29 is 9.21 Å². The van der Waals surface area contributed by atoms with Crippen LogP contribution in [-0.4, -0.2) is 22.7 Å². The largest absolute Gasteiger partial charge is 0.431 e. The SMILES string of the molecule is CC1(C)[C@@H]2CC[C@@]1(C)[C@@H](NC(=O)CSc1nc3ccccc3o1)C2. The van der Waals surface area contributed by atoms with Crippen LogP contribution in [0.3, 0.4) is 0 Å². The number of aromatic nitrogens is 1. The molecule has 1 N–H and O–H groups in total. The van der Waals surface area contributed by atoms with Crippen LogP contribution in [0.5, 0.6) is 0 Å². The molecule has 1 heterocycles. The molecule has 3 atom stereocenters. The molecular formula is C19H24N2O2S. The Labute approximate surface area is 146 Å². The second-order valence-corrected chi connectivity index (χ2v) is 8.89. The van der Waals surface area contributed by atoms with E-state index in [-0.39, 0.29) is 11.3 Å². The Hall–Kier alpha value is -1.49. The smallest absolute Gasteiger partial charge is 0.257 e. The highest BCUT2D eigenvalue weighted by atomic mass is 32.2. The van der Waals surface area contributed by atoms with Gasteiger partial charge in [-0.3, -0.25) is 4.79 Å². The van der Waals surface area contributed by atoms with E-state index >= 15 is 0 Å². The Morgan fingerprint density at radius 2 is 2.17 bits per heavy atom. The van der Waals surface area contributed by atoms with Crippen LogP contribution in [0, 0.1) is 16.7 Å². The Kier molecular flexibility index (Phi) is 3.68. The van der Waals surface area contributed by atoms with Crippen molar-refractivity contribution in [3.63, 3.8) is 0 Å². The number of carbonyl (C=O) groups is 1. The molecule has 4 rings (SSSR count). The highest BCUT2D eigenvalue weighted by Gasteiger charge is 2.61. The van der Waals surface area contributed by atoms with E-state index in [0.717, 1.165) is 23.4 Å². The van der Waals surface area contributed by atoms with E-state index in [1.807, 2.05) is 24.3 Å². The molecule has 2 aliphatic rings. The zero-order valence-corrected chi connectivity index (χ0v) is 15.3. The van der Waals surface area contributed by atoms with Crippen LogP contribution in [0.15, 0.2) is 33.9 Å². The van der Waals surface area contributed by atoms with Crippen LogP contribution in [0.2, 0.25) is 0 Å². The fourth-order valence-electron chi connectivity index (χ4n) is 4.70. The molecule has 2 saturated carbocycles. The maximum Gasteiger partial charge on any atom is 0.257 e. The topological polar surface area (TPSA) is 55.1 Å². The van der Waals surface area contributed by atoms with E-state index < -0.39 is 0 Å². The zero-order valence-electron chi connectivity index (χ0n) is 14.5. The molecule has 24 heavy (non-hydrogen) atoms. The lowest BCUT2D eigenvalue weighted by Crippen LogP contribution is -2.47. The fourth-order valence-corrected chi connectivity index (χ4v) is 5.35. The van der Waals surface area contributed by atoms with E-state index in [2.05, 4.69) is 31.1 Å². The van der Waals surface area contributed by atoms with Crippen LogP contribution in [0.25, 0.3) is 11.1 Å². The predicted octanol–water partition coefficient (Wildman–Crippen LogP) is 4.25. The van der Waals surface area contributed by atoms with Gasteiger partial charge in [0.15, 0.2) is 5.58 Å². The Balaban J connectivity index is 1.37. The molecule has 2 aliphatic carbocycles. The molecule has 5 heteroatoms. The van der Waals surface area contributed by atoms with Crippen molar-refractivity contribution in [2.75, 3.05) is 5.75 Å². The van der Waals surface area contributed by atoms with Gasteiger partial charge in [0.05, 0.1) is 5.75 Å². The number of nitrogens with one attached hydrogen (secondary N) is 1. The molecular weight excluding hydrogens is 320 g/mol. The Bertz CT molecular complexity index is 752. The first-order chi connectivity index (χ1) is 11.4. The number of oxazole rings is 1. The van der Waals surface area contributed by atoms with E-state index in [9.17, 15) is 4.79 Å². The number of amides is 1. The zero-order chi connectivity index (χ0) is 16.9. The molecule has 0 unspecified atom stereocenters. The lowest BCUT2D eigenvalue weighted by Gasteiger charge is -2.39. The number of thioether (sulfide) groups is 1. The van der Waals surface area contributed by atoms with Crippen molar-refractivity contribution in [1.29, 1.82) is 0 Å². The van der Waals surface area contributed by atoms with E-state index in [0.29, 0.717) is 22.4 Å². The maximum atomic E-state index is 12.4. The van der Waals surface area contributed by atoms with Gasteiger partial charge in [-0.1, -0.05) is 44.7 Å². The van der Waals surface area contributed by atoms with Crippen LogP contribution in [-0.2, 0) is 4.79 Å². The van der Waals surface area contributed by atoms with Gasteiger partial charge in [0.25, 0.3) is 5.22 Å². The number of rotatable bonds is 4. The van der Waals surface area contributed by atoms with E-state index in [1.165, 1.54) is 24.6 Å². The maximum absolute atomic E-state index is 12.4. The van der Waals surface area contributed by atoms with Crippen LogP contribution < -0.4 is 5.32 Å². The molecule has 0 radical (unpaired) electrons. The second kappa shape index (κ2) is 5.51. The van der Waals surface area contributed by atoms with Gasteiger partial charge in [-0.15, -0.1) is 0 Å². The molecule has 128 valence electrons. The van der Waals surface area contributed by atoms with Crippen LogP contribution in [0.4, 0.5) is 0 Å². The van der Waals surface area contributed by atoms with Gasteiger partial charge in [0.2, 0.25) is 5.91 Å². The highest BCUT2D eigenvalue weighted by Crippen LogP contribution is 2.65. The average Bonchev–Trinajstić information content (AvgIpc) is 3.11. The van der Waals surface area contributed by atoms with Crippen LogP contribution in [0.1, 0.15) is 40.0 Å². The Morgan fingerprint density at radius 3 is 2.83 bits per heavy atom. The molecule has 2 aromatic rings. The Morgan fingerprint density at radius 1 is 1.38 bits per heavy atom. The minimum atomic E-state index is 0.0804. The first kappa shape index (κ1) is 16.0. The number of benzene rings is 1. The summed E-state index contributed by atoms with van der Waals surface area (Å²) < 4.78 is 5.66. The molecule has 1 aromatic heterocycles. The first-order valence-electron chi connectivity index (χ1n) is 8.68. The highest BCUT2D eigenvalue weighted by molar-refractivity contribution is 7.99. The third kappa shape index (κ3) is 2.36. The average molecular weight is 344 g/mol. The van der Waals surface area contributed by atoms with Gasteiger partial charge >= 0.3 is 0 Å². The molecule has 2 bridgehead atoms. The molecule has 2 fully saturated rings. The quantitative estimate of drug-likeness (QED) is 0.843. The van der Waals surface area contributed by atoms with Crippen LogP contribution >= 0.6 is 11.8 Å². The summed E-state index contributed by atoms with van der Waals surface area (Å²) in [6.45, 7) is 7.08. The lowest BCUT2D eigenvalue weighted by molar-refractivity contribution is -0.120. The normalized spacial score (nSPS) is 30.8. The van der Waals surface area contributed by atoms with Crippen molar-refractivity contribution in [3.8, 4) is 0 Å². The standard InChI is InChI=1S/C19H24N2O2S/c1-18(2)12-8-9-19(18,3)15(10-12)21-16(22)11-24-17-20-13-6-4-5-7-14(13)23-17/h4-7,12,15H,8-11H2,1-3H3,(H,21,22)/t12-,15+,19+/m1/s1. The van der Waals surface area contributed by atoms with Gasteiger partial charge in [-0.25, -0.2) is 4.98 Å². The first-order valence-corrected chi connectivity index (χ1v) is 9.66. The number of hydrogen-bond donors (Lipinski definition) is 1. The van der Waals surface area contributed by atoms with Gasteiger partial charge in [-0.2, -0.15) is 0 Å². The van der Waals surface area contributed by atoms with E-state index in [1.54, 1.807) is 0 Å². The second-order valence-electron chi connectivity index (χ2n) is 7.97. The number of nitrogens with zero attached hydrogens (tertiary/aromatic N) is 1. The number of carbonyl (C=O) groups excluding carboxylic acids is 1. The molecule has 1 aromatic carbocycles. The van der Waals surface area contributed by atoms with Gasteiger partial charge in [-0.05, 0) is 48.1 Å².